The third-order valence-corrected chi connectivity index (χ3v) is 3.73. The van der Waals surface area contributed by atoms with E-state index in [2.05, 4.69) is 29.0 Å². The molecule has 0 fully saturated rings. The summed E-state index contributed by atoms with van der Waals surface area (Å²) < 4.78 is 5.33. The van der Waals surface area contributed by atoms with Crippen LogP contribution in [-0.4, -0.2) is 18.1 Å². The summed E-state index contributed by atoms with van der Waals surface area (Å²) in [5.74, 6) is 1.85. The summed E-state index contributed by atoms with van der Waals surface area (Å²) in [5.41, 5.74) is 2.22. The predicted octanol–water partition coefficient (Wildman–Crippen LogP) is 3.77. The average molecular weight is 308 g/mol. The highest BCUT2D eigenvalue weighted by Gasteiger charge is 2.10. The summed E-state index contributed by atoms with van der Waals surface area (Å²) in [4.78, 5) is 6.50. The normalized spacial score (nSPS) is 11.1. The lowest BCUT2D eigenvalue weighted by atomic mass is 10.2. The molecule has 21 heavy (non-hydrogen) atoms. The lowest BCUT2D eigenvalue weighted by molar-refractivity contribution is 0.529. The molecule has 2 aromatic heterocycles. The number of pyridine rings is 1. The van der Waals surface area contributed by atoms with Crippen LogP contribution in [0.4, 0.5) is 5.82 Å². The lowest BCUT2D eigenvalue weighted by Crippen LogP contribution is -2.23. The molecule has 0 aromatic carbocycles. The molecule has 0 aliphatic carbocycles. The van der Waals surface area contributed by atoms with E-state index in [0.717, 1.165) is 35.8 Å². The van der Waals surface area contributed by atoms with Gasteiger partial charge in [-0.1, -0.05) is 25.4 Å². The summed E-state index contributed by atoms with van der Waals surface area (Å²) >= 11 is 6.22. The van der Waals surface area contributed by atoms with Gasteiger partial charge in [-0.15, -0.1) is 0 Å². The zero-order chi connectivity index (χ0) is 15.4. The molecule has 0 aliphatic rings. The number of nitrogens with one attached hydrogen (secondary N) is 1. The molecule has 114 valence electrons. The molecule has 0 saturated heterocycles. The fraction of sp³-hybridized carbons (Fsp3) is 0.438. The maximum Gasteiger partial charge on any atom is 0.128 e. The highest BCUT2D eigenvalue weighted by atomic mass is 35.5. The number of halogens is 1. The van der Waals surface area contributed by atoms with Crippen molar-refractivity contribution in [2.24, 2.45) is 0 Å². The standard InChI is InChI=1S/C16H22ClN3O/c1-11(2)18-8-14-7-16(19-9-15(14)17)20(4)10-13-5-6-21-12(13)3/h5-7,9,11,18H,8,10H2,1-4H3. The molecule has 1 N–H and O–H groups in total. The number of furan rings is 1. The Balaban J connectivity index is 2.12. The van der Waals surface area contributed by atoms with E-state index >= 15 is 0 Å². The molecular weight excluding hydrogens is 286 g/mol. The highest BCUT2D eigenvalue weighted by Crippen LogP contribution is 2.22. The maximum absolute atomic E-state index is 6.22. The monoisotopic (exact) mass is 307 g/mol. The first-order chi connectivity index (χ1) is 9.97. The Kier molecular flexibility index (Phi) is 5.26. The van der Waals surface area contributed by atoms with E-state index in [-0.39, 0.29) is 0 Å². The van der Waals surface area contributed by atoms with Crippen LogP contribution in [0.15, 0.2) is 29.0 Å². The zero-order valence-corrected chi connectivity index (χ0v) is 13.7. The van der Waals surface area contributed by atoms with Crippen LogP contribution in [0.1, 0.15) is 30.7 Å². The predicted molar refractivity (Wildman–Crippen MR) is 86.8 cm³/mol. The molecule has 0 aliphatic heterocycles. The quantitative estimate of drug-likeness (QED) is 0.882. The first-order valence-corrected chi connectivity index (χ1v) is 7.47. The highest BCUT2D eigenvalue weighted by molar-refractivity contribution is 6.31. The van der Waals surface area contributed by atoms with Crippen molar-refractivity contribution in [2.45, 2.75) is 39.9 Å². The van der Waals surface area contributed by atoms with E-state index in [1.54, 1.807) is 12.5 Å². The van der Waals surface area contributed by atoms with Crippen LogP contribution >= 0.6 is 11.6 Å². The number of nitrogens with zero attached hydrogens (tertiary/aromatic N) is 2. The second-order valence-electron chi connectivity index (χ2n) is 5.53. The van der Waals surface area contributed by atoms with Crippen LogP contribution in [-0.2, 0) is 13.1 Å². The Hall–Kier alpha value is -1.52. The SMILES string of the molecule is Cc1occc1CN(C)c1cc(CNC(C)C)c(Cl)cn1. The number of hydrogen-bond acceptors (Lipinski definition) is 4. The second-order valence-corrected chi connectivity index (χ2v) is 5.93. The van der Waals surface area contributed by atoms with Gasteiger partial charge in [-0.25, -0.2) is 4.98 Å². The topological polar surface area (TPSA) is 41.3 Å². The molecule has 0 unspecified atom stereocenters. The van der Waals surface area contributed by atoms with E-state index in [1.807, 2.05) is 26.1 Å². The van der Waals surface area contributed by atoms with Crippen LogP contribution < -0.4 is 10.2 Å². The van der Waals surface area contributed by atoms with Crippen LogP contribution in [0, 0.1) is 6.92 Å². The fourth-order valence-electron chi connectivity index (χ4n) is 2.04. The van der Waals surface area contributed by atoms with Gasteiger partial charge in [0.25, 0.3) is 0 Å². The van der Waals surface area contributed by atoms with E-state index in [1.165, 1.54) is 0 Å². The summed E-state index contributed by atoms with van der Waals surface area (Å²) in [5, 5.41) is 4.07. The Morgan fingerprint density at radius 3 is 2.76 bits per heavy atom. The molecule has 2 aromatic rings. The van der Waals surface area contributed by atoms with E-state index in [0.29, 0.717) is 11.1 Å². The largest absolute Gasteiger partial charge is 0.469 e. The molecule has 2 rings (SSSR count). The molecule has 0 spiro atoms. The first-order valence-electron chi connectivity index (χ1n) is 7.09. The minimum Gasteiger partial charge on any atom is -0.469 e. The third kappa shape index (κ3) is 4.22. The van der Waals surface area contributed by atoms with Crippen LogP contribution in [0.5, 0.6) is 0 Å². The van der Waals surface area contributed by atoms with Gasteiger partial charge in [0.1, 0.15) is 11.6 Å². The Bertz CT molecular complexity index is 595. The van der Waals surface area contributed by atoms with Gasteiger partial charge in [-0.2, -0.15) is 0 Å². The Morgan fingerprint density at radius 2 is 2.14 bits per heavy atom. The molecule has 5 heteroatoms. The Labute approximate surface area is 131 Å². The molecule has 0 amide bonds. The maximum atomic E-state index is 6.22. The number of aromatic nitrogens is 1. The summed E-state index contributed by atoms with van der Waals surface area (Å²) in [6.45, 7) is 7.70. The molecule has 4 nitrogen and oxygen atoms in total. The van der Waals surface area contributed by atoms with Gasteiger partial charge in [0.15, 0.2) is 0 Å². The Morgan fingerprint density at radius 1 is 1.38 bits per heavy atom. The van der Waals surface area contributed by atoms with Crippen molar-refractivity contribution in [1.29, 1.82) is 0 Å². The van der Waals surface area contributed by atoms with Crippen LogP contribution in [0.2, 0.25) is 5.02 Å². The van der Waals surface area contributed by atoms with Gasteiger partial charge >= 0.3 is 0 Å². The molecule has 0 radical (unpaired) electrons. The molecule has 0 saturated carbocycles. The summed E-state index contributed by atoms with van der Waals surface area (Å²) in [6, 6.07) is 4.44. The van der Waals surface area contributed by atoms with Gasteiger partial charge in [0, 0.05) is 37.9 Å². The van der Waals surface area contributed by atoms with Crippen molar-refractivity contribution in [3.63, 3.8) is 0 Å². The molecular formula is C16H22ClN3O. The molecule has 2 heterocycles. The smallest absolute Gasteiger partial charge is 0.128 e. The average Bonchev–Trinajstić information content (AvgIpc) is 2.83. The molecule has 0 atom stereocenters. The van der Waals surface area contributed by atoms with Gasteiger partial charge < -0.3 is 14.6 Å². The minimum absolute atomic E-state index is 0.420. The fourth-order valence-corrected chi connectivity index (χ4v) is 2.21. The van der Waals surface area contributed by atoms with Gasteiger partial charge in [0.2, 0.25) is 0 Å². The van der Waals surface area contributed by atoms with Gasteiger partial charge in [0.05, 0.1) is 11.3 Å². The zero-order valence-electron chi connectivity index (χ0n) is 13.0. The summed E-state index contributed by atoms with van der Waals surface area (Å²) in [7, 11) is 2.02. The van der Waals surface area contributed by atoms with Gasteiger partial charge in [-0.05, 0) is 24.6 Å². The number of rotatable bonds is 6. The van der Waals surface area contributed by atoms with E-state index in [4.69, 9.17) is 16.0 Å². The lowest BCUT2D eigenvalue weighted by Gasteiger charge is -2.19. The van der Waals surface area contributed by atoms with Crippen LogP contribution in [0.3, 0.4) is 0 Å². The van der Waals surface area contributed by atoms with Crippen LogP contribution in [0.25, 0.3) is 0 Å². The number of anilines is 1. The third-order valence-electron chi connectivity index (χ3n) is 3.39. The van der Waals surface area contributed by atoms with Crippen molar-refractivity contribution in [1.82, 2.24) is 10.3 Å². The first kappa shape index (κ1) is 15.9. The second kappa shape index (κ2) is 6.96. The van der Waals surface area contributed by atoms with Crippen molar-refractivity contribution < 1.29 is 4.42 Å². The van der Waals surface area contributed by atoms with E-state index < -0.39 is 0 Å². The van der Waals surface area contributed by atoms with Crippen molar-refractivity contribution in [2.75, 3.05) is 11.9 Å². The summed E-state index contributed by atoms with van der Waals surface area (Å²) in [6.07, 6.45) is 3.43. The van der Waals surface area contributed by atoms with Crippen molar-refractivity contribution in [3.05, 3.63) is 46.5 Å². The van der Waals surface area contributed by atoms with Crippen molar-refractivity contribution in [3.8, 4) is 0 Å². The van der Waals surface area contributed by atoms with Crippen molar-refractivity contribution >= 4 is 17.4 Å². The molecule has 0 bridgehead atoms. The minimum atomic E-state index is 0.420. The van der Waals surface area contributed by atoms with Gasteiger partial charge in [-0.3, -0.25) is 0 Å². The number of hydrogen-bond donors (Lipinski definition) is 1. The van der Waals surface area contributed by atoms with E-state index in [9.17, 15) is 0 Å². The number of aryl methyl sites for hydroxylation is 1.